The van der Waals surface area contributed by atoms with Crippen molar-refractivity contribution in [2.45, 2.75) is 277 Å². The summed E-state index contributed by atoms with van der Waals surface area (Å²) in [5.74, 6) is -1.50. The summed E-state index contributed by atoms with van der Waals surface area (Å²) in [6.45, 7) is 4.40. The third-order valence-corrected chi connectivity index (χ3v) is 13.9. The Bertz CT molecular complexity index is 1680. The number of aliphatic hydroxyl groups is 1. The van der Waals surface area contributed by atoms with Crippen molar-refractivity contribution in [2.24, 2.45) is 0 Å². The fourth-order valence-corrected chi connectivity index (χ4v) is 9.08. The average molecular weight is 1110 g/mol. The van der Waals surface area contributed by atoms with E-state index in [-0.39, 0.29) is 25.9 Å². The van der Waals surface area contributed by atoms with Gasteiger partial charge in [0.1, 0.15) is 12.7 Å². The Hall–Kier alpha value is -3.60. The van der Waals surface area contributed by atoms with Crippen molar-refractivity contribution < 1.29 is 52.2 Å². The molecule has 2 N–H and O–H groups in total. The van der Waals surface area contributed by atoms with Crippen LogP contribution in [0.3, 0.4) is 0 Å². The molecule has 0 amide bonds. The van der Waals surface area contributed by atoms with Gasteiger partial charge >= 0.3 is 25.7 Å². The lowest BCUT2D eigenvalue weighted by atomic mass is 10.1. The number of carbonyl (C=O) groups excluding carboxylic acids is 3. The number of ether oxygens (including phenoxy) is 3. The first-order chi connectivity index (χ1) is 38.2. The van der Waals surface area contributed by atoms with Crippen LogP contribution in [0.15, 0.2) is 97.2 Å². The number of aliphatic hydroxyl groups excluding tert-OH is 1. The molecule has 0 aromatic heterocycles. The summed E-state index contributed by atoms with van der Waals surface area (Å²) in [5, 5.41) is 9.84. The van der Waals surface area contributed by atoms with Crippen LogP contribution in [-0.4, -0.2) is 66.5 Å². The van der Waals surface area contributed by atoms with Crippen molar-refractivity contribution >= 4 is 25.7 Å². The van der Waals surface area contributed by atoms with Crippen LogP contribution >= 0.6 is 7.82 Å². The van der Waals surface area contributed by atoms with Crippen LogP contribution < -0.4 is 0 Å². The van der Waals surface area contributed by atoms with Crippen LogP contribution in [0.4, 0.5) is 0 Å². The molecule has 0 fully saturated rings. The van der Waals surface area contributed by atoms with Gasteiger partial charge in [-0.05, 0) is 116 Å². The molecule has 0 radical (unpaired) electrons. The molecular formula is C66H113O11P. The number of esters is 3. The zero-order valence-corrected chi connectivity index (χ0v) is 50.5. The Morgan fingerprint density at radius 1 is 0.372 bits per heavy atom. The van der Waals surface area contributed by atoms with Gasteiger partial charge < -0.3 is 24.2 Å². The highest BCUT2D eigenvalue weighted by atomic mass is 31.2. The molecule has 12 heteroatoms. The lowest BCUT2D eigenvalue weighted by Gasteiger charge is -2.21. The second-order valence-electron chi connectivity index (χ2n) is 20.5. The molecular weight excluding hydrogens is 1000 g/mol. The molecule has 0 bridgehead atoms. The highest BCUT2D eigenvalue weighted by molar-refractivity contribution is 7.47. The largest absolute Gasteiger partial charge is 0.472 e. The summed E-state index contributed by atoms with van der Waals surface area (Å²) in [7, 11) is -4.76. The van der Waals surface area contributed by atoms with Gasteiger partial charge in [-0.3, -0.25) is 23.4 Å². The molecule has 0 aromatic rings. The van der Waals surface area contributed by atoms with E-state index >= 15 is 0 Å². The summed E-state index contributed by atoms with van der Waals surface area (Å²) in [6, 6.07) is 0. The van der Waals surface area contributed by atoms with Gasteiger partial charge in [0.2, 0.25) is 0 Å². The number of allylic oxidation sites excluding steroid dienone is 16. The maximum atomic E-state index is 12.9. The lowest BCUT2D eigenvalue weighted by Crippen LogP contribution is -2.30. The maximum absolute atomic E-state index is 12.9. The summed E-state index contributed by atoms with van der Waals surface area (Å²) in [5.41, 5.74) is 0. The normalized spacial score (nSPS) is 14.0. The predicted molar refractivity (Wildman–Crippen MR) is 325 cm³/mol. The summed E-state index contributed by atoms with van der Waals surface area (Å²) in [4.78, 5) is 48.7. The van der Waals surface area contributed by atoms with E-state index < -0.39 is 57.8 Å². The van der Waals surface area contributed by atoms with E-state index in [0.29, 0.717) is 19.3 Å². The second kappa shape index (κ2) is 59.5. The molecule has 11 nitrogen and oxygen atoms in total. The lowest BCUT2D eigenvalue weighted by molar-refractivity contribution is -0.161. The molecule has 0 aliphatic heterocycles. The second-order valence-corrected chi connectivity index (χ2v) is 21.9. The van der Waals surface area contributed by atoms with Crippen LogP contribution in [0.2, 0.25) is 0 Å². The SMILES string of the molecule is CC/C=C\C/C=C\C/C=C\C/C=C\CCCCCCCCC(=O)OCC(COP(=O)(O)OCC(CO)OC(=O)CCCCCCC/C=C\CCCCCCCC)OC(=O)CCCCCCCCC/C=C\C/C=C\C/C=C\CC. The standard InChI is InChI=1S/C66H113O11P/c1-4-7-10-13-16-19-22-25-28-30-31-33-35-37-40-43-46-49-52-55-64(68)73-59-63(77-66(70)57-54-51-48-45-42-39-36-32-29-26-23-20-17-14-11-8-5-2)61-75-78(71,72)74-60-62(58-67)76-65(69)56-53-50-47-44-41-38-34-27-24-21-18-15-12-9-6-3/h7-8,10-11,16-17,19-20,25-29,31,33-34,62-63,67H,4-6,9,12-15,18,21-24,30,32,35-61H2,1-3H3,(H,71,72)/b10-7-,11-8-,19-16-,20-17-,28-25-,29-26-,33-31-,34-27-. The molecule has 0 spiro atoms. The summed E-state index contributed by atoms with van der Waals surface area (Å²) >= 11 is 0. The van der Waals surface area contributed by atoms with Crippen molar-refractivity contribution in [1.82, 2.24) is 0 Å². The van der Waals surface area contributed by atoms with Crippen LogP contribution in [0.1, 0.15) is 265 Å². The van der Waals surface area contributed by atoms with E-state index in [2.05, 4.69) is 118 Å². The minimum atomic E-state index is -4.76. The number of phosphoric acid groups is 1. The van der Waals surface area contributed by atoms with Crippen LogP contribution in [0, 0.1) is 0 Å². The Balaban J connectivity index is 4.76. The van der Waals surface area contributed by atoms with Crippen molar-refractivity contribution in [3.05, 3.63) is 97.2 Å². The first-order valence-electron chi connectivity index (χ1n) is 31.1. The molecule has 3 unspecified atom stereocenters. The molecule has 0 saturated heterocycles. The van der Waals surface area contributed by atoms with Crippen molar-refractivity contribution in [3.63, 3.8) is 0 Å². The number of hydrogen-bond acceptors (Lipinski definition) is 10. The van der Waals surface area contributed by atoms with E-state index in [0.717, 1.165) is 161 Å². The number of rotatable bonds is 57. The third-order valence-electron chi connectivity index (χ3n) is 13.0. The first kappa shape index (κ1) is 74.4. The summed E-state index contributed by atoms with van der Waals surface area (Å²) < 4.78 is 39.6. The summed E-state index contributed by atoms with van der Waals surface area (Å²) in [6.07, 6.45) is 70.7. The quantitative estimate of drug-likeness (QED) is 0.0197. The van der Waals surface area contributed by atoms with Gasteiger partial charge in [0.25, 0.3) is 0 Å². The molecule has 0 saturated carbocycles. The highest BCUT2D eigenvalue weighted by Crippen LogP contribution is 2.43. The van der Waals surface area contributed by atoms with E-state index in [9.17, 15) is 28.9 Å². The zero-order chi connectivity index (χ0) is 56.9. The van der Waals surface area contributed by atoms with Gasteiger partial charge in [0, 0.05) is 19.3 Å². The molecule has 0 aromatic carbocycles. The fourth-order valence-electron chi connectivity index (χ4n) is 8.30. The Morgan fingerprint density at radius 3 is 1.04 bits per heavy atom. The van der Waals surface area contributed by atoms with Gasteiger partial charge in [-0.15, -0.1) is 0 Å². The minimum absolute atomic E-state index is 0.149. The topological polar surface area (TPSA) is 155 Å². The molecule has 0 heterocycles. The van der Waals surface area contributed by atoms with E-state index in [1.807, 2.05) is 0 Å². The van der Waals surface area contributed by atoms with E-state index in [1.165, 1.54) is 44.9 Å². The van der Waals surface area contributed by atoms with Gasteiger partial charge in [-0.2, -0.15) is 0 Å². The molecule has 0 aliphatic carbocycles. The van der Waals surface area contributed by atoms with Crippen molar-refractivity contribution in [1.29, 1.82) is 0 Å². The first-order valence-corrected chi connectivity index (χ1v) is 32.6. The predicted octanol–water partition coefficient (Wildman–Crippen LogP) is 18.8. The Kier molecular flexibility index (Phi) is 56.8. The van der Waals surface area contributed by atoms with Crippen LogP contribution in [-0.2, 0) is 42.2 Å². The van der Waals surface area contributed by atoms with Crippen LogP contribution in [0.25, 0.3) is 0 Å². The minimum Gasteiger partial charge on any atom is -0.462 e. The van der Waals surface area contributed by atoms with Crippen molar-refractivity contribution in [3.8, 4) is 0 Å². The molecule has 3 atom stereocenters. The van der Waals surface area contributed by atoms with Gasteiger partial charge in [-0.1, -0.05) is 227 Å². The molecule has 0 aliphatic rings. The Morgan fingerprint density at radius 2 is 0.667 bits per heavy atom. The van der Waals surface area contributed by atoms with Crippen molar-refractivity contribution in [2.75, 3.05) is 26.4 Å². The number of carbonyl (C=O) groups is 3. The van der Waals surface area contributed by atoms with E-state index in [1.54, 1.807) is 0 Å². The number of phosphoric ester groups is 1. The monoisotopic (exact) mass is 1110 g/mol. The zero-order valence-electron chi connectivity index (χ0n) is 49.6. The number of unbranched alkanes of at least 4 members (excludes halogenated alkanes) is 24. The average Bonchev–Trinajstić information content (AvgIpc) is 3.43. The highest BCUT2D eigenvalue weighted by Gasteiger charge is 2.28. The maximum Gasteiger partial charge on any atom is 0.472 e. The Labute approximate surface area is 476 Å². The van der Waals surface area contributed by atoms with Crippen LogP contribution in [0.5, 0.6) is 0 Å². The van der Waals surface area contributed by atoms with Gasteiger partial charge in [0.05, 0.1) is 19.8 Å². The number of hydrogen-bond donors (Lipinski definition) is 2. The van der Waals surface area contributed by atoms with Gasteiger partial charge in [-0.25, -0.2) is 4.57 Å². The molecule has 78 heavy (non-hydrogen) atoms. The van der Waals surface area contributed by atoms with Gasteiger partial charge in [0.15, 0.2) is 6.10 Å². The smallest absolute Gasteiger partial charge is 0.462 e. The molecule has 0 rings (SSSR count). The van der Waals surface area contributed by atoms with E-state index in [4.69, 9.17) is 23.3 Å². The fraction of sp³-hybridized carbons (Fsp3) is 0.712. The molecule has 448 valence electrons. The third kappa shape index (κ3) is 57.1.